The van der Waals surface area contributed by atoms with Crippen molar-refractivity contribution >= 4 is 16.6 Å². The Kier molecular flexibility index (Phi) is 3.13. The van der Waals surface area contributed by atoms with Gasteiger partial charge in [-0.15, -0.1) is 0 Å². The Morgan fingerprint density at radius 1 is 1.05 bits per heavy atom. The van der Waals surface area contributed by atoms with Crippen LogP contribution >= 0.6 is 0 Å². The van der Waals surface area contributed by atoms with E-state index in [1.807, 2.05) is 30.3 Å². The zero-order valence-electron chi connectivity index (χ0n) is 10.8. The zero-order chi connectivity index (χ0) is 13.9. The smallest absolute Gasteiger partial charge is 0.248 e. The van der Waals surface area contributed by atoms with Crippen molar-refractivity contribution in [1.82, 2.24) is 4.98 Å². The van der Waals surface area contributed by atoms with E-state index in [1.165, 1.54) is 0 Å². The number of aromatic nitrogens is 1. The number of pyridine rings is 1. The molecule has 0 radical (unpaired) electrons. The van der Waals surface area contributed by atoms with Gasteiger partial charge >= 0.3 is 0 Å². The summed E-state index contributed by atoms with van der Waals surface area (Å²) in [6.07, 6.45) is 0. The van der Waals surface area contributed by atoms with Gasteiger partial charge in [-0.2, -0.15) is 0 Å². The van der Waals surface area contributed by atoms with Crippen LogP contribution in [0.4, 0.5) is 5.69 Å². The molecule has 1 heterocycles. The summed E-state index contributed by atoms with van der Waals surface area (Å²) in [6, 6.07) is 16.2. The lowest BCUT2D eigenvalue weighted by Crippen LogP contribution is -2.09. The number of rotatable bonds is 3. The van der Waals surface area contributed by atoms with Crippen molar-refractivity contribution in [3.05, 3.63) is 70.5 Å². The van der Waals surface area contributed by atoms with Gasteiger partial charge in [-0.3, -0.25) is 4.79 Å². The van der Waals surface area contributed by atoms with E-state index in [0.29, 0.717) is 6.54 Å². The molecule has 3 N–H and O–H groups in total. The molecule has 4 nitrogen and oxygen atoms in total. The minimum absolute atomic E-state index is 0.114. The molecule has 0 fully saturated rings. The molecule has 0 aliphatic carbocycles. The molecule has 0 spiro atoms. The summed E-state index contributed by atoms with van der Waals surface area (Å²) in [4.78, 5) is 14.5. The van der Waals surface area contributed by atoms with Crippen molar-refractivity contribution in [2.24, 2.45) is 0 Å². The molecule has 20 heavy (non-hydrogen) atoms. The standard InChI is InChI=1S/C16H14N2O2/c19-13-5-3-4-12(9-13)17-10-11-8-16(20)18-15-7-2-1-6-14(11)15/h1-9,17,19H,10H2,(H,18,20). The number of H-pyrrole nitrogens is 1. The average Bonchev–Trinajstić information content (AvgIpc) is 2.44. The van der Waals surface area contributed by atoms with E-state index >= 15 is 0 Å². The first-order chi connectivity index (χ1) is 9.72. The van der Waals surface area contributed by atoms with Crippen LogP contribution in [0.15, 0.2) is 59.4 Å². The molecule has 0 atom stereocenters. The monoisotopic (exact) mass is 266 g/mol. The average molecular weight is 266 g/mol. The lowest BCUT2D eigenvalue weighted by atomic mass is 10.1. The molecule has 2 aromatic carbocycles. The first-order valence-electron chi connectivity index (χ1n) is 6.36. The molecular weight excluding hydrogens is 252 g/mol. The summed E-state index contributed by atoms with van der Waals surface area (Å²) in [7, 11) is 0. The zero-order valence-corrected chi connectivity index (χ0v) is 10.8. The van der Waals surface area contributed by atoms with E-state index in [9.17, 15) is 9.90 Å². The van der Waals surface area contributed by atoms with E-state index < -0.39 is 0 Å². The largest absolute Gasteiger partial charge is 0.508 e. The molecule has 0 aliphatic rings. The molecule has 0 saturated carbocycles. The van der Waals surface area contributed by atoms with Gasteiger partial charge in [0.15, 0.2) is 0 Å². The topological polar surface area (TPSA) is 65.1 Å². The van der Waals surface area contributed by atoms with Crippen LogP contribution in [0, 0.1) is 0 Å². The second-order valence-electron chi connectivity index (χ2n) is 4.61. The number of aromatic hydroxyl groups is 1. The number of aromatic amines is 1. The third-order valence-corrected chi connectivity index (χ3v) is 3.17. The number of hydrogen-bond acceptors (Lipinski definition) is 3. The lowest BCUT2D eigenvalue weighted by molar-refractivity contribution is 0.475. The first kappa shape index (κ1) is 12.3. The van der Waals surface area contributed by atoms with E-state index in [0.717, 1.165) is 22.2 Å². The van der Waals surface area contributed by atoms with Gasteiger partial charge in [0.2, 0.25) is 5.56 Å². The van der Waals surface area contributed by atoms with Gasteiger partial charge in [-0.1, -0.05) is 24.3 Å². The maximum atomic E-state index is 11.6. The minimum atomic E-state index is -0.114. The van der Waals surface area contributed by atoms with E-state index in [-0.39, 0.29) is 11.3 Å². The second kappa shape index (κ2) is 5.09. The third kappa shape index (κ3) is 2.49. The molecule has 0 amide bonds. The maximum absolute atomic E-state index is 11.6. The lowest BCUT2D eigenvalue weighted by Gasteiger charge is -2.09. The van der Waals surface area contributed by atoms with Crippen LogP contribution in [0.2, 0.25) is 0 Å². The van der Waals surface area contributed by atoms with Gasteiger partial charge in [0, 0.05) is 35.3 Å². The Labute approximate surface area is 115 Å². The molecule has 0 saturated heterocycles. The highest BCUT2D eigenvalue weighted by Crippen LogP contribution is 2.19. The van der Waals surface area contributed by atoms with Gasteiger partial charge < -0.3 is 15.4 Å². The fraction of sp³-hybridized carbons (Fsp3) is 0.0625. The highest BCUT2D eigenvalue weighted by atomic mass is 16.3. The van der Waals surface area contributed by atoms with Crippen LogP contribution < -0.4 is 10.9 Å². The number of phenolic OH excluding ortho intramolecular Hbond substituents is 1. The highest BCUT2D eigenvalue weighted by molar-refractivity contribution is 5.82. The van der Waals surface area contributed by atoms with E-state index in [4.69, 9.17) is 0 Å². The summed E-state index contributed by atoms with van der Waals surface area (Å²) >= 11 is 0. The normalized spacial score (nSPS) is 10.6. The first-order valence-corrected chi connectivity index (χ1v) is 6.36. The molecule has 0 bridgehead atoms. The Hall–Kier alpha value is -2.75. The van der Waals surface area contributed by atoms with Crippen LogP contribution in [0.25, 0.3) is 10.9 Å². The Morgan fingerprint density at radius 3 is 2.75 bits per heavy atom. The molecule has 3 rings (SSSR count). The second-order valence-corrected chi connectivity index (χ2v) is 4.61. The minimum Gasteiger partial charge on any atom is -0.508 e. The molecule has 100 valence electrons. The predicted molar refractivity (Wildman–Crippen MR) is 80.0 cm³/mol. The number of phenols is 1. The van der Waals surface area contributed by atoms with Crippen molar-refractivity contribution in [2.45, 2.75) is 6.54 Å². The van der Waals surface area contributed by atoms with Crippen LogP contribution in [0.1, 0.15) is 5.56 Å². The van der Waals surface area contributed by atoms with Gasteiger partial charge in [-0.25, -0.2) is 0 Å². The van der Waals surface area contributed by atoms with Crippen LogP contribution in [0.3, 0.4) is 0 Å². The van der Waals surface area contributed by atoms with Crippen molar-refractivity contribution in [2.75, 3.05) is 5.32 Å². The number of nitrogens with one attached hydrogen (secondary N) is 2. The van der Waals surface area contributed by atoms with Crippen molar-refractivity contribution in [3.8, 4) is 5.75 Å². The quantitative estimate of drug-likeness (QED) is 0.683. The Morgan fingerprint density at radius 2 is 1.90 bits per heavy atom. The van der Waals surface area contributed by atoms with Crippen LogP contribution in [0.5, 0.6) is 5.75 Å². The molecule has 4 heteroatoms. The summed E-state index contributed by atoms with van der Waals surface area (Å²) in [5, 5.41) is 13.7. The summed E-state index contributed by atoms with van der Waals surface area (Å²) in [6.45, 7) is 0.522. The van der Waals surface area contributed by atoms with Crippen molar-refractivity contribution in [1.29, 1.82) is 0 Å². The van der Waals surface area contributed by atoms with Gasteiger partial charge in [0.1, 0.15) is 5.75 Å². The van der Waals surface area contributed by atoms with Gasteiger partial charge in [0.05, 0.1) is 0 Å². The molecule has 3 aromatic rings. The van der Waals surface area contributed by atoms with Crippen LogP contribution in [-0.2, 0) is 6.54 Å². The number of benzene rings is 2. The summed E-state index contributed by atoms with van der Waals surface area (Å²) in [5.74, 6) is 0.214. The number of fused-ring (bicyclic) bond motifs is 1. The Bertz CT molecular complexity index is 809. The third-order valence-electron chi connectivity index (χ3n) is 3.17. The number of anilines is 1. The van der Waals surface area contributed by atoms with Crippen molar-refractivity contribution < 1.29 is 5.11 Å². The Balaban J connectivity index is 1.93. The summed E-state index contributed by atoms with van der Waals surface area (Å²) in [5.41, 5.74) is 2.45. The van der Waals surface area contributed by atoms with Crippen molar-refractivity contribution in [3.63, 3.8) is 0 Å². The van der Waals surface area contributed by atoms with E-state index in [2.05, 4.69) is 10.3 Å². The number of hydrogen-bond donors (Lipinski definition) is 3. The molecule has 0 unspecified atom stereocenters. The molecule has 1 aromatic heterocycles. The predicted octanol–water partition coefficient (Wildman–Crippen LogP) is 2.85. The molecule has 0 aliphatic heterocycles. The number of para-hydroxylation sites is 1. The van der Waals surface area contributed by atoms with Gasteiger partial charge in [-0.05, 0) is 23.8 Å². The SMILES string of the molecule is O=c1cc(CNc2cccc(O)c2)c2ccccc2[nH]1. The van der Waals surface area contributed by atoms with E-state index in [1.54, 1.807) is 24.3 Å². The maximum Gasteiger partial charge on any atom is 0.248 e. The van der Waals surface area contributed by atoms with Gasteiger partial charge in [0.25, 0.3) is 0 Å². The summed E-state index contributed by atoms with van der Waals surface area (Å²) < 4.78 is 0. The highest BCUT2D eigenvalue weighted by Gasteiger charge is 2.03. The fourth-order valence-electron chi connectivity index (χ4n) is 2.24. The fourth-order valence-corrected chi connectivity index (χ4v) is 2.24. The molecular formula is C16H14N2O2. The van der Waals surface area contributed by atoms with Crippen LogP contribution in [-0.4, -0.2) is 10.1 Å².